The molecule has 2 heterocycles. The molecule has 104 valence electrons. The number of amides is 1. The Labute approximate surface area is 119 Å². The molecule has 0 saturated heterocycles. The van der Waals surface area contributed by atoms with Gasteiger partial charge in [-0.2, -0.15) is 0 Å². The van der Waals surface area contributed by atoms with Crippen LogP contribution in [0.2, 0.25) is 0 Å². The van der Waals surface area contributed by atoms with Crippen LogP contribution in [-0.2, 0) is 6.54 Å². The fourth-order valence-electron chi connectivity index (χ4n) is 1.89. The summed E-state index contributed by atoms with van der Waals surface area (Å²) in [7, 11) is 0. The molecule has 0 radical (unpaired) electrons. The number of nitrogens with zero attached hydrogens (tertiary/aromatic N) is 3. The van der Waals surface area contributed by atoms with E-state index in [1.54, 1.807) is 24.4 Å². The predicted molar refractivity (Wildman–Crippen MR) is 74.9 cm³/mol. The first kappa shape index (κ1) is 13.1. The number of benzene rings is 1. The van der Waals surface area contributed by atoms with Crippen LogP contribution in [0.15, 0.2) is 49.1 Å². The minimum atomic E-state index is -0.302. The molecule has 0 unspecified atom stereocenters. The van der Waals surface area contributed by atoms with Crippen molar-refractivity contribution in [3.63, 3.8) is 0 Å². The third kappa shape index (κ3) is 3.00. The number of hydrogen-bond donors (Lipinski definition) is 1. The van der Waals surface area contributed by atoms with Crippen LogP contribution in [0.1, 0.15) is 15.9 Å². The highest BCUT2D eigenvalue weighted by molar-refractivity contribution is 5.96. The molecule has 21 heavy (non-hydrogen) atoms. The lowest BCUT2D eigenvalue weighted by atomic mass is 10.2. The van der Waals surface area contributed by atoms with Crippen molar-refractivity contribution in [1.29, 1.82) is 0 Å². The van der Waals surface area contributed by atoms with Crippen molar-refractivity contribution in [2.75, 3.05) is 0 Å². The van der Waals surface area contributed by atoms with E-state index < -0.39 is 0 Å². The molecule has 3 rings (SSSR count). The molecule has 6 heteroatoms. The maximum Gasteiger partial charge on any atom is 0.253 e. The van der Waals surface area contributed by atoms with Crippen LogP contribution in [0.3, 0.4) is 0 Å². The van der Waals surface area contributed by atoms with Gasteiger partial charge < -0.3 is 5.32 Å². The van der Waals surface area contributed by atoms with Crippen molar-refractivity contribution in [2.24, 2.45) is 0 Å². The lowest BCUT2D eigenvalue weighted by molar-refractivity contribution is 0.0950. The largest absolute Gasteiger partial charge is 0.348 e. The van der Waals surface area contributed by atoms with Crippen LogP contribution < -0.4 is 5.32 Å². The molecule has 1 N–H and O–H groups in total. The quantitative estimate of drug-likeness (QED) is 0.798. The molecule has 0 aliphatic heterocycles. The Kier molecular flexibility index (Phi) is 3.51. The molecule has 0 fully saturated rings. The first-order valence-corrected chi connectivity index (χ1v) is 6.31. The second kappa shape index (κ2) is 5.62. The highest BCUT2D eigenvalue weighted by atomic mass is 19.1. The van der Waals surface area contributed by atoms with Crippen LogP contribution in [0.4, 0.5) is 4.39 Å². The van der Waals surface area contributed by atoms with E-state index in [0.717, 1.165) is 5.56 Å². The number of halogens is 1. The van der Waals surface area contributed by atoms with Gasteiger partial charge in [-0.25, -0.2) is 19.3 Å². The second-order valence-electron chi connectivity index (χ2n) is 4.47. The molecule has 0 aliphatic rings. The molecule has 0 atom stereocenters. The molecule has 0 spiro atoms. The standard InChI is InChI=1S/C15H11FN4O/c16-13-3-1-10(2-4-13)6-19-15(21)12-5-11-7-17-9-20-14(11)18-8-12/h1-5,7-9H,6H2,(H,19,21). The van der Waals surface area contributed by atoms with Gasteiger partial charge in [-0.05, 0) is 23.8 Å². The van der Waals surface area contributed by atoms with E-state index >= 15 is 0 Å². The third-order valence-electron chi connectivity index (χ3n) is 2.98. The maximum atomic E-state index is 12.8. The molecule has 0 saturated carbocycles. The number of pyridine rings is 1. The number of carbonyl (C=O) groups excluding carboxylic acids is 1. The highest BCUT2D eigenvalue weighted by Gasteiger charge is 2.07. The fourth-order valence-corrected chi connectivity index (χ4v) is 1.89. The fraction of sp³-hybridized carbons (Fsp3) is 0.0667. The SMILES string of the molecule is O=C(NCc1ccc(F)cc1)c1cnc2ncncc2c1. The number of hydrogen-bond acceptors (Lipinski definition) is 4. The van der Waals surface area contributed by atoms with Crippen molar-refractivity contribution in [2.45, 2.75) is 6.54 Å². The zero-order valence-electron chi connectivity index (χ0n) is 11.0. The summed E-state index contributed by atoms with van der Waals surface area (Å²) in [5, 5.41) is 3.46. The second-order valence-corrected chi connectivity index (χ2v) is 4.47. The Morgan fingerprint density at radius 1 is 1.14 bits per heavy atom. The summed E-state index contributed by atoms with van der Waals surface area (Å²) in [6.07, 6.45) is 4.48. The van der Waals surface area contributed by atoms with Crippen molar-refractivity contribution in [3.05, 3.63) is 66.0 Å². The van der Waals surface area contributed by atoms with E-state index in [1.807, 2.05) is 0 Å². The minimum Gasteiger partial charge on any atom is -0.348 e. The Balaban J connectivity index is 1.73. The van der Waals surface area contributed by atoms with E-state index in [-0.39, 0.29) is 11.7 Å². The van der Waals surface area contributed by atoms with Gasteiger partial charge in [0.25, 0.3) is 5.91 Å². The summed E-state index contributed by atoms with van der Waals surface area (Å²) >= 11 is 0. The first-order valence-electron chi connectivity index (χ1n) is 6.31. The Bertz CT molecular complexity index is 789. The number of rotatable bonds is 3. The van der Waals surface area contributed by atoms with Gasteiger partial charge in [0.1, 0.15) is 12.1 Å². The van der Waals surface area contributed by atoms with E-state index in [1.165, 1.54) is 24.7 Å². The molecule has 1 aromatic carbocycles. The van der Waals surface area contributed by atoms with Crippen molar-refractivity contribution < 1.29 is 9.18 Å². The van der Waals surface area contributed by atoms with E-state index in [0.29, 0.717) is 23.1 Å². The normalized spacial score (nSPS) is 10.5. The summed E-state index contributed by atoms with van der Waals surface area (Å²) in [5.41, 5.74) is 1.79. The van der Waals surface area contributed by atoms with Gasteiger partial charge in [0.2, 0.25) is 0 Å². The van der Waals surface area contributed by atoms with Crippen LogP contribution in [0.5, 0.6) is 0 Å². The molecule has 2 aromatic heterocycles. The van der Waals surface area contributed by atoms with E-state index in [9.17, 15) is 9.18 Å². The Hall–Kier alpha value is -2.89. The van der Waals surface area contributed by atoms with Crippen LogP contribution in [-0.4, -0.2) is 20.9 Å². The van der Waals surface area contributed by atoms with Crippen LogP contribution in [0, 0.1) is 5.82 Å². The monoisotopic (exact) mass is 282 g/mol. The van der Waals surface area contributed by atoms with E-state index in [4.69, 9.17) is 0 Å². The first-order chi connectivity index (χ1) is 10.2. The maximum absolute atomic E-state index is 12.8. The lowest BCUT2D eigenvalue weighted by Gasteiger charge is -2.06. The summed E-state index contributed by atoms with van der Waals surface area (Å²) in [6.45, 7) is 0.322. The molecular weight excluding hydrogens is 271 g/mol. The zero-order chi connectivity index (χ0) is 14.7. The lowest BCUT2D eigenvalue weighted by Crippen LogP contribution is -2.22. The highest BCUT2D eigenvalue weighted by Crippen LogP contribution is 2.09. The van der Waals surface area contributed by atoms with Crippen molar-refractivity contribution >= 4 is 16.9 Å². The molecule has 3 aromatic rings. The number of fused-ring (bicyclic) bond motifs is 1. The zero-order valence-corrected chi connectivity index (χ0v) is 11.0. The van der Waals surface area contributed by atoms with Gasteiger partial charge in [-0.3, -0.25) is 4.79 Å². The van der Waals surface area contributed by atoms with Crippen molar-refractivity contribution in [3.8, 4) is 0 Å². The van der Waals surface area contributed by atoms with Gasteiger partial charge in [0, 0.05) is 24.3 Å². The average Bonchev–Trinajstić information content (AvgIpc) is 2.53. The van der Waals surface area contributed by atoms with Gasteiger partial charge in [-0.1, -0.05) is 12.1 Å². The smallest absolute Gasteiger partial charge is 0.253 e. The van der Waals surface area contributed by atoms with Gasteiger partial charge in [-0.15, -0.1) is 0 Å². The van der Waals surface area contributed by atoms with Gasteiger partial charge in [0.05, 0.1) is 5.56 Å². The number of carbonyl (C=O) groups is 1. The molecule has 5 nitrogen and oxygen atoms in total. The summed E-state index contributed by atoms with van der Waals surface area (Å²) in [4.78, 5) is 24.1. The molecule has 1 amide bonds. The Morgan fingerprint density at radius 3 is 2.76 bits per heavy atom. The number of nitrogens with one attached hydrogen (secondary N) is 1. The number of aromatic nitrogens is 3. The average molecular weight is 282 g/mol. The third-order valence-corrected chi connectivity index (χ3v) is 2.98. The Morgan fingerprint density at radius 2 is 1.95 bits per heavy atom. The van der Waals surface area contributed by atoms with Gasteiger partial charge in [0.15, 0.2) is 5.65 Å². The minimum absolute atomic E-state index is 0.252. The molecular formula is C15H11FN4O. The summed E-state index contributed by atoms with van der Waals surface area (Å²) in [5.74, 6) is -0.554. The van der Waals surface area contributed by atoms with E-state index in [2.05, 4.69) is 20.3 Å². The van der Waals surface area contributed by atoms with Crippen LogP contribution in [0.25, 0.3) is 11.0 Å². The predicted octanol–water partition coefficient (Wildman–Crippen LogP) is 2.09. The summed E-state index contributed by atoms with van der Waals surface area (Å²) < 4.78 is 12.8. The van der Waals surface area contributed by atoms with Crippen LogP contribution >= 0.6 is 0 Å². The summed E-state index contributed by atoms with van der Waals surface area (Å²) in [6, 6.07) is 7.65. The molecule has 0 bridgehead atoms. The van der Waals surface area contributed by atoms with Crippen molar-refractivity contribution in [1.82, 2.24) is 20.3 Å². The van der Waals surface area contributed by atoms with Gasteiger partial charge >= 0.3 is 0 Å². The topological polar surface area (TPSA) is 67.8 Å². The molecule has 0 aliphatic carbocycles.